The number of alkyl halides is 3. The lowest BCUT2D eigenvalue weighted by molar-refractivity contribution is -0.141. The van der Waals surface area contributed by atoms with Gasteiger partial charge in [-0.15, -0.1) is 0 Å². The predicted octanol–water partition coefficient (Wildman–Crippen LogP) is 5.46. The third kappa shape index (κ3) is 6.03. The molecular formula is C28H26ClF3N8O. The fraction of sp³-hybridized carbons (Fsp3) is 0.214. The molecular weight excluding hydrogens is 557 g/mol. The van der Waals surface area contributed by atoms with Crippen molar-refractivity contribution < 1.29 is 18.0 Å². The number of carbonyl (C=O) groups excluding carboxylic acids is 1. The summed E-state index contributed by atoms with van der Waals surface area (Å²) in [6.07, 6.45) is 2.37. The van der Waals surface area contributed by atoms with Crippen LogP contribution in [0.3, 0.4) is 0 Å². The highest BCUT2D eigenvalue weighted by Crippen LogP contribution is 2.37. The third-order valence-corrected chi connectivity index (χ3v) is 6.86. The van der Waals surface area contributed by atoms with Crippen molar-refractivity contribution in [3.63, 3.8) is 0 Å². The second kappa shape index (κ2) is 11.6. The Bertz CT molecular complexity index is 1700. The number of aromatic nitrogens is 5. The second-order valence-electron chi connectivity index (χ2n) is 9.29. The maximum absolute atomic E-state index is 14.1. The molecule has 3 aromatic heterocycles. The van der Waals surface area contributed by atoms with E-state index in [1.54, 1.807) is 18.2 Å². The Hall–Kier alpha value is -4.42. The van der Waals surface area contributed by atoms with Gasteiger partial charge in [-0.2, -0.15) is 18.3 Å². The van der Waals surface area contributed by atoms with Crippen LogP contribution in [-0.4, -0.2) is 37.1 Å². The molecule has 2 aromatic carbocycles. The molecule has 0 fully saturated rings. The van der Waals surface area contributed by atoms with Gasteiger partial charge in [0.1, 0.15) is 0 Å². The molecule has 13 heteroatoms. The molecule has 0 bridgehead atoms. The summed E-state index contributed by atoms with van der Waals surface area (Å²) in [5, 5.41) is 9.70. The van der Waals surface area contributed by atoms with Crippen LogP contribution in [0.1, 0.15) is 33.6 Å². The topological polar surface area (TPSA) is 115 Å². The molecule has 0 spiro atoms. The highest BCUT2D eigenvalue weighted by molar-refractivity contribution is 6.34. The number of benzene rings is 2. The third-order valence-electron chi connectivity index (χ3n) is 6.55. The van der Waals surface area contributed by atoms with Crippen molar-refractivity contribution in [2.75, 3.05) is 12.4 Å². The molecule has 3 heterocycles. The van der Waals surface area contributed by atoms with E-state index >= 15 is 0 Å². The van der Waals surface area contributed by atoms with Crippen LogP contribution in [0.25, 0.3) is 16.9 Å². The van der Waals surface area contributed by atoms with E-state index in [1.807, 2.05) is 24.3 Å². The molecule has 9 nitrogen and oxygen atoms in total. The first-order valence-electron chi connectivity index (χ1n) is 12.7. The lowest BCUT2D eigenvalue weighted by Crippen LogP contribution is -2.18. The zero-order valence-corrected chi connectivity index (χ0v) is 22.7. The van der Waals surface area contributed by atoms with Crippen LogP contribution in [0.2, 0.25) is 5.02 Å². The van der Waals surface area contributed by atoms with E-state index < -0.39 is 11.9 Å². The van der Waals surface area contributed by atoms with Crippen LogP contribution in [0, 0.1) is 0 Å². The van der Waals surface area contributed by atoms with E-state index in [2.05, 4.69) is 25.7 Å². The van der Waals surface area contributed by atoms with Gasteiger partial charge < -0.3 is 16.4 Å². The molecule has 41 heavy (non-hydrogen) atoms. The number of amides is 1. The summed E-state index contributed by atoms with van der Waals surface area (Å²) in [7, 11) is 1.50. The molecule has 0 radical (unpaired) electrons. The summed E-state index contributed by atoms with van der Waals surface area (Å²) in [6, 6.07) is 12.6. The number of imidazole rings is 1. The van der Waals surface area contributed by atoms with E-state index in [-0.39, 0.29) is 22.2 Å². The molecule has 0 aliphatic carbocycles. The lowest BCUT2D eigenvalue weighted by Gasteiger charge is -2.10. The number of nitrogens with two attached hydrogens (primary N) is 1. The van der Waals surface area contributed by atoms with Gasteiger partial charge in [-0.3, -0.25) is 13.9 Å². The van der Waals surface area contributed by atoms with E-state index in [0.29, 0.717) is 48.6 Å². The van der Waals surface area contributed by atoms with Gasteiger partial charge in [0.15, 0.2) is 17.2 Å². The minimum Gasteiger partial charge on any atom is -0.355 e. The van der Waals surface area contributed by atoms with Gasteiger partial charge in [0.05, 0.1) is 28.0 Å². The van der Waals surface area contributed by atoms with Crippen LogP contribution in [0.15, 0.2) is 67.3 Å². The highest BCUT2D eigenvalue weighted by Gasteiger charge is 2.38. The van der Waals surface area contributed by atoms with Crippen LogP contribution < -0.4 is 16.4 Å². The molecule has 0 saturated carbocycles. The van der Waals surface area contributed by atoms with Crippen LogP contribution in [-0.2, 0) is 25.7 Å². The first-order valence-corrected chi connectivity index (χ1v) is 13.1. The Morgan fingerprint density at radius 1 is 1.10 bits per heavy atom. The van der Waals surface area contributed by atoms with Gasteiger partial charge in [-0.1, -0.05) is 35.9 Å². The number of nitrogens with zero attached hydrogens (tertiary/aromatic N) is 5. The molecule has 212 valence electrons. The van der Waals surface area contributed by atoms with E-state index in [9.17, 15) is 18.0 Å². The first-order chi connectivity index (χ1) is 19.7. The van der Waals surface area contributed by atoms with Gasteiger partial charge in [0, 0.05) is 44.4 Å². The standard InChI is InChI=1S/C28H26ClF3N8O/c1-34-27(41)20-9-8-19(13-22(20)29)37-25-26-36-15-23(40(26)12-10-35-25)21-16-39(38-24(21)28(30,31)32)11-2-3-17-4-6-18(14-33)7-5-17/h4-10,12-13,15-16H,2-3,11,14,33H2,1H3,(H,34,41)(H,35,37). The van der Waals surface area contributed by atoms with Gasteiger partial charge in [-0.25, -0.2) is 9.97 Å². The number of nitrogens with one attached hydrogen (secondary N) is 2. The maximum atomic E-state index is 14.1. The number of carbonyl (C=O) groups is 1. The molecule has 0 saturated heterocycles. The van der Waals surface area contributed by atoms with E-state index in [4.69, 9.17) is 17.3 Å². The number of hydrogen-bond acceptors (Lipinski definition) is 6. The number of rotatable bonds is 9. The molecule has 0 aliphatic heterocycles. The van der Waals surface area contributed by atoms with E-state index in [1.165, 1.54) is 40.9 Å². The Morgan fingerprint density at radius 2 is 1.85 bits per heavy atom. The van der Waals surface area contributed by atoms with Crippen molar-refractivity contribution in [3.05, 3.63) is 94.7 Å². The van der Waals surface area contributed by atoms with Crippen LogP contribution in [0.5, 0.6) is 0 Å². The van der Waals surface area contributed by atoms with Crippen molar-refractivity contribution in [2.45, 2.75) is 32.1 Å². The molecule has 0 unspecified atom stereocenters. The number of aryl methyl sites for hydroxylation is 2. The normalized spacial score (nSPS) is 11.7. The van der Waals surface area contributed by atoms with Gasteiger partial charge >= 0.3 is 6.18 Å². The first kappa shape index (κ1) is 28.1. The van der Waals surface area contributed by atoms with Crippen molar-refractivity contribution in [1.82, 2.24) is 29.5 Å². The summed E-state index contributed by atoms with van der Waals surface area (Å²) >= 11 is 6.25. The summed E-state index contributed by atoms with van der Waals surface area (Å²) in [5.41, 5.74) is 7.99. The van der Waals surface area contributed by atoms with Crippen LogP contribution >= 0.6 is 11.6 Å². The lowest BCUT2D eigenvalue weighted by atomic mass is 10.1. The van der Waals surface area contributed by atoms with Gasteiger partial charge in [-0.05, 0) is 42.2 Å². The molecule has 5 rings (SSSR count). The Kier molecular flexibility index (Phi) is 7.95. The largest absolute Gasteiger partial charge is 0.435 e. The summed E-state index contributed by atoms with van der Waals surface area (Å²) in [5.74, 6) is -0.0361. The van der Waals surface area contributed by atoms with Crippen molar-refractivity contribution in [1.29, 1.82) is 0 Å². The molecule has 0 atom stereocenters. The zero-order valence-electron chi connectivity index (χ0n) is 21.9. The smallest absolute Gasteiger partial charge is 0.355 e. The Labute approximate surface area is 238 Å². The minimum atomic E-state index is -4.67. The summed E-state index contributed by atoms with van der Waals surface area (Å²) in [6.45, 7) is 0.758. The molecule has 5 aromatic rings. The minimum absolute atomic E-state index is 0.0903. The average Bonchev–Trinajstić information content (AvgIpc) is 3.58. The van der Waals surface area contributed by atoms with Crippen LogP contribution in [0.4, 0.5) is 24.7 Å². The summed E-state index contributed by atoms with van der Waals surface area (Å²) in [4.78, 5) is 20.6. The number of halogens is 4. The number of fused-ring (bicyclic) bond motifs is 1. The summed E-state index contributed by atoms with van der Waals surface area (Å²) < 4.78 is 45.0. The van der Waals surface area contributed by atoms with Crippen molar-refractivity contribution >= 4 is 34.7 Å². The second-order valence-corrected chi connectivity index (χ2v) is 9.70. The quantitative estimate of drug-likeness (QED) is 0.213. The number of anilines is 2. The van der Waals surface area contributed by atoms with Gasteiger partial charge in [0.2, 0.25) is 0 Å². The fourth-order valence-corrected chi connectivity index (χ4v) is 4.74. The van der Waals surface area contributed by atoms with E-state index in [0.717, 1.165) is 11.1 Å². The van der Waals surface area contributed by atoms with Gasteiger partial charge in [0.25, 0.3) is 5.91 Å². The Morgan fingerprint density at radius 3 is 2.54 bits per heavy atom. The molecule has 1 amide bonds. The SMILES string of the molecule is CNC(=O)c1ccc(Nc2nccn3c(-c4cn(CCCc5ccc(CN)cc5)nc4C(F)(F)F)cnc23)cc1Cl. The molecule has 4 N–H and O–H groups in total. The number of hydrogen-bond donors (Lipinski definition) is 3. The van der Waals surface area contributed by atoms with Crippen molar-refractivity contribution in [3.8, 4) is 11.3 Å². The fourth-order valence-electron chi connectivity index (χ4n) is 4.47. The predicted molar refractivity (Wildman–Crippen MR) is 150 cm³/mol. The van der Waals surface area contributed by atoms with Crippen molar-refractivity contribution in [2.24, 2.45) is 5.73 Å². The maximum Gasteiger partial charge on any atom is 0.435 e. The average molecular weight is 583 g/mol. The zero-order chi connectivity index (χ0) is 29.1. The highest BCUT2D eigenvalue weighted by atomic mass is 35.5. The molecule has 0 aliphatic rings. The monoisotopic (exact) mass is 582 g/mol. The Balaban J connectivity index is 1.41.